The Balaban J connectivity index is 2.15. The van der Waals surface area contributed by atoms with E-state index in [1.807, 2.05) is 0 Å². The number of primary sulfonamides is 1. The summed E-state index contributed by atoms with van der Waals surface area (Å²) in [5.41, 5.74) is 0.217. The molecule has 0 aromatic heterocycles. The van der Waals surface area contributed by atoms with Crippen LogP contribution in [0.5, 0.6) is 0 Å². The highest BCUT2D eigenvalue weighted by atomic mass is 32.2. The van der Waals surface area contributed by atoms with Gasteiger partial charge in [-0.15, -0.1) is 0 Å². The zero-order valence-electron chi connectivity index (χ0n) is 8.93. The third-order valence-electron chi connectivity index (χ3n) is 2.74. The molecule has 2 rings (SSSR count). The predicted molar refractivity (Wildman–Crippen MR) is 60.4 cm³/mol. The lowest BCUT2D eigenvalue weighted by atomic mass is 9.89. The summed E-state index contributed by atoms with van der Waals surface area (Å²) >= 11 is 0. The van der Waals surface area contributed by atoms with Crippen LogP contribution in [0.3, 0.4) is 0 Å². The normalized spacial score (nSPS) is 24.2. The highest BCUT2D eigenvalue weighted by Crippen LogP contribution is 2.26. The zero-order chi connectivity index (χ0) is 12.6. The molecule has 7 heteroatoms. The van der Waals surface area contributed by atoms with E-state index >= 15 is 0 Å². The van der Waals surface area contributed by atoms with E-state index in [9.17, 15) is 12.8 Å². The van der Waals surface area contributed by atoms with Gasteiger partial charge in [-0.05, 0) is 31.0 Å². The van der Waals surface area contributed by atoms with Gasteiger partial charge in [0.1, 0.15) is 5.82 Å². The Morgan fingerprint density at radius 3 is 2.53 bits per heavy atom. The molecule has 0 atom stereocenters. The molecule has 0 aliphatic heterocycles. The van der Waals surface area contributed by atoms with Crippen LogP contribution in [-0.2, 0) is 10.0 Å². The van der Waals surface area contributed by atoms with Crippen molar-refractivity contribution in [3.05, 3.63) is 24.0 Å². The topological polar surface area (TPSA) is 92.4 Å². The highest BCUT2D eigenvalue weighted by Gasteiger charge is 2.27. The quantitative estimate of drug-likeness (QED) is 0.734. The number of aliphatic hydroxyl groups is 1. The molecule has 0 radical (unpaired) electrons. The van der Waals surface area contributed by atoms with E-state index in [-0.39, 0.29) is 22.7 Å². The van der Waals surface area contributed by atoms with E-state index in [1.165, 1.54) is 12.1 Å². The molecule has 0 heterocycles. The van der Waals surface area contributed by atoms with Gasteiger partial charge in [-0.3, -0.25) is 0 Å². The zero-order valence-corrected chi connectivity index (χ0v) is 9.74. The van der Waals surface area contributed by atoms with Crippen molar-refractivity contribution in [2.45, 2.75) is 29.9 Å². The van der Waals surface area contributed by atoms with Crippen molar-refractivity contribution >= 4 is 15.7 Å². The summed E-state index contributed by atoms with van der Waals surface area (Å²) in [6.45, 7) is 0. The molecule has 17 heavy (non-hydrogen) atoms. The van der Waals surface area contributed by atoms with Crippen LogP contribution in [0.25, 0.3) is 0 Å². The number of anilines is 1. The number of rotatable bonds is 3. The monoisotopic (exact) mass is 260 g/mol. The summed E-state index contributed by atoms with van der Waals surface area (Å²) in [4.78, 5) is -0.255. The number of nitrogens with one attached hydrogen (secondary N) is 1. The maximum atomic E-state index is 13.6. The number of sulfonamides is 1. The van der Waals surface area contributed by atoms with Gasteiger partial charge in [-0.1, -0.05) is 0 Å². The van der Waals surface area contributed by atoms with Crippen LogP contribution in [0.1, 0.15) is 12.8 Å². The second-order valence-electron chi connectivity index (χ2n) is 4.15. The van der Waals surface area contributed by atoms with Crippen LogP contribution in [0.15, 0.2) is 23.1 Å². The van der Waals surface area contributed by atoms with Gasteiger partial charge in [-0.25, -0.2) is 17.9 Å². The van der Waals surface area contributed by atoms with Gasteiger partial charge in [0.2, 0.25) is 10.0 Å². The van der Waals surface area contributed by atoms with Crippen molar-refractivity contribution in [1.82, 2.24) is 0 Å². The highest BCUT2D eigenvalue weighted by molar-refractivity contribution is 7.89. The maximum Gasteiger partial charge on any atom is 0.238 e. The number of hydrogen-bond acceptors (Lipinski definition) is 4. The van der Waals surface area contributed by atoms with Gasteiger partial charge in [0, 0.05) is 6.04 Å². The summed E-state index contributed by atoms with van der Waals surface area (Å²) in [7, 11) is -3.88. The van der Waals surface area contributed by atoms with E-state index in [4.69, 9.17) is 10.2 Å². The molecule has 0 amide bonds. The first-order valence-electron chi connectivity index (χ1n) is 5.13. The summed E-state index contributed by atoms with van der Waals surface area (Å²) in [5.74, 6) is -0.669. The molecule has 0 unspecified atom stereocenters. The Morgan fingerprint density at radius 2 is 2.06 bits per heavy atom. The predicted octanol–water partition coefficient (Wildman–Crippen LogP) is 0.408. The van der Waals surface area contributed by atoms with E-state index in [2.05, 4.69) is 5.32 Å². The minimum Gasteiger partial charge on any atom is -0.393 e. The second-order valence-corrected chi connectivity index (χ2v) is 5.71. The number of hydrogen-bond donors (Lipinski definition) is 3. The average molecular weight is 260 g/mol. The Morgan fingerprint density at radius 1 is 1.41 bits per heavy atom. The van der Waals surface area contributed by atoms with Crippen molar-refractivity contribution in [1.29, 1.82) is 0 Å². The molecule has 0 bridgehead atoms. The summed E-state index contributed by atoms with van der Waals surface area (Å²) < 4.78 is 35.5. The molecule has 4 N–H and O–H groups in total. The van der Waals surface area contributed by atoms with Crippen LogP contribution in [0.2, 0.25) is 0 Å². The Labute approximate surface area is 98.5 Å². The smallest absolute Gasteiger partial charge is 0.238 e. The van der Waals surface area contributed by atoms with Crippen molar-refractivity contribution in [3.63, 3.8) is 0 Å². The average Bonchev–Trinajstić information content (AvgIpc) is 2.16. The first-order chi connectivity index (χ1) is 7.86. The number of nitrogens with two attached hydrogens (primary N) is 1. The third kappa shape index (κ3) is 2.74. The van der Waals surface area contributed by atoms with Gasteiger partial charge < -0.3 is 10.4 Å². The van der Waals surface area contributed by atoms with Crippen molar-refractivity contribution in [2.24, 2.45) is 5.14 Å². The molecule has 1 aromatic rings. The molecular weight excluding hydrogens is 247 g/mol. The van der Waals surface area contributed by atoms with Crippen molar-refractivity contribution < 1.29 is 17.9 Å². The fourth-order valence-electron chi connectivity index (χ4n) is 1.72. The second kappa shape index (κ2) is 4.25. The standard InChI is InChI=1S/C10H13FN2O3S/c11-9-5-8(17(12,15)16)1-2-10(9)13-6-3-7(14)4-6/h1-2,5-7,13-14H,3-4H2,(H2,12,15,16). The summed E-state index contributed by atoms with van der Waals surface area (Å²) in [5, 5.41) is 16.9. The molecule has 1 aliphatic rings. The molecule has 0 spiro atoms. The molecular formula is C10H13FN2O3S. The molecule has 5 nitrogen and oxygen atoms in total. The van der Waals surface area contributed by atoms with Gasteiger partial charge in [-0.2, -0.15) is 0 Å². The van der Waals surface area contributed by atoms with Gasteiger partial charge in [0.15, 0.2) is 0 Å². The molecule has 94 valence electrons. The van der Waals surface area contributed by atoms with Crippen LogP contribution in [0.4, 0.5) is 10.1 Å². The van der Waals surface area contributed by atoms with Crippen LogP contribution in [0, 0.1) is 5.82 Å². The number of aliphatic hydroxyl groups excluding tert-OH is 1. The Bertz CT molecular complexity index is 526. The fraction of sp³-hybridized carbons (Fsp3) is 0.400. The Hall–Kier alpha value is -1.18. The minimum atomic E-state index is -3.88. The largest absolute Gasteiger partial charge is 0.393 e. The first-order valence-corrected chi connectivity index (χ1v) is 6.68. The van der Waals surface area contributed by atoms with Gasteiger partial charge in [0.25, 0.3) is 0 Å². The first kappa shape index (κ1) is 12.3. The lowest BCUT2D eigenvalue weighted by molar-refractivity contribution is 0.0835. The minimum absolute atomic E-state index is 0.0276. The van der Waals surface area contributed by atoms with E-state index in [0.717, 1.165) is 6.07 Å². The molecule has 1 aromatic carbocycles. The SMILES string of the molecule is NS(=O)(=O)c1ccc(NC2CC(O)C2)c(F)c1. The van der Waals surface area contributed by atoms with Crippen LogP contribution >= 0.6 is 0 Å². The van der Waals surface area contributed by atoms with Gasteiger partial charge >= 0.3 is 0 Å². The number of benzene rings is 1. The third-order valence-corrected chi connectivity index (χ3v) is 3.65. The van der Waals surface area contributed by atoms with Crippen LogP contribution < -0.4 is 10.5 Å². The molecule has 1 fully saturated rings. The lowest BCUT2D eigenvalue weighted by Gasteiger charge is -2.32. The lowest BCUT2D eigenvalue weighted by Crippen LogP contribution is -2.39. The van der Waals surface area contributed by atoms with Gasteiger partial charge in [0.05, 0.1) is 16.7 Å². The maximum absolute atomic E-state index is 13.6. The fourth-order valence-corrected chi connectivity index (χ4v) is 2.24. The number of halogens is 1. The molecule has 0 saturated heterocycles. The Kier molecular flexibility index (Phi) is 3.07. The van der Waals surface area contributed by atoms with Crippen LogP contribution in [-0.4, -0.2) is 25.7 Å². The summed E-state index contributed by atoms with van der Waals surface area (Å²) in [6.07, 6.45) is 0.798. The summed E-state index contributed by atoms with van der Waals surface area (Å²) in [6, 6.07) is 3.49. The van der Waals surface area contributed by atoms with Crippen molar-refractivity contribution in [3.8, 4) is 0 Å². The van der Waals surface area contributed by atoms with E-state index < -0.39 is 15.8 Å². The molecule has 1 saturated carbocycles. The van der Waals surface area contributed by atoms with Crippen molar-refractivity contribution in [2.75, 3.05) is 5.32 Å². The van der Waals surface area contributed by atoms with E-state index in [1.54, 1.807) is 0 Å². The molecule has 1 aliphatic carbocycles. The van der Waals surface area contributed by atoms with E-state index in [0.29, 0.717) is 12.8 Å².